The second kappa shape index (κ2) is 14.3. The maximum atomic E-state index is 8.95. The lowest BCUT2D eigenvalue weighted by atomic mass is 10.0. The van der Waals surface area contributed by atoms with Gasteiger partial charge in [-0.3, -0.25) is 0 Å². The molecule has 1 aliphatic rings. The molecule has 1 saturated heterocycles. The van der Waals surface area contributed by atoms with Gasteiger partial charge in [-0.1, -0.05) is 41.4 Å². The van der Waals surface area contributed by atoms with Crippen LogP contribution in [0.5, 0.6) is 0 Å². The quantitative estimate of drug-likeness (QED) is 0.404. The van der Waals surface area contributed by atoms with Crippen molar-refractivity contribution in [1.82, 2.24) is 10.2 Å². The Balaban J connectivity index is 2.35. The average Bonchev–Trinajstić information content (AvgIpc) is 2.59. The number of aliphatic hydroxyl groups excluding tert-OH is 1. The predicted molar refractivity (Wildman–Crippen MR) is 110 cm³/mol. The van der Waals surface area contributed by atoms with E-state index in [0.717, 1.165) is 38.8 Å². The van der Waals surface area contributed by atoms with Gasteiger partial charge in [0.1, 0.15) is 0 Å². The molecular formula is C22H40N2O. The zero-order valence-electron chi connectivity index (χ0n) is 16.8. The number of piperidine rings is 1. The molecule has 1 fully saturated rings. The fraction of sp³-hybridized carbons (Fsp3) is 0.727. The van der Waals surface area contributed by atoms with Crippen molar-refractivity contribution in [2.24, 2.45) is 0 Å². The van der Waals surface area contributed by atoms with Crippen molar-refractivity contribution in [3.63, 3.8) is 0 Å². The van der Waals surface area contributed by atoms with Crippen LogP contribution in [0, 0.1) is 0 Å². The lowest BCUT2D eigenvalue weighted by Gasteiger charge is -2.26. The average molecular weight is 349 g/mol. The summed E-state index contributed by atoms with van der Waals surface area (Å²) in [4.78, 5) is 2.59. The van der Waals surface area contributed by atoms with Crippen LogP contribution in [-0.4, -0.2) is 49.3 Å². The molecular weight excluding hydrogens is 308 g/mol. The fourth-order valence-corrected chi connectivity index (χ4v) is 3.24. The van der Waals surface area contributed by atoms with Gasteiger partial charge in [-0.05, 0) is 72.4 Å². The van der Waals surface area contributed by atoms with E-state index in [4.69, 9.17) is 5.11 Å². The largest absolute Gasteiger partial charge is 0.392 e. The number of rotatable bonds is 12. The highest BCUT2D eigenvalue weighted by Gasteiger charge is 2.08. The molecule has 0 aliphatic carbocycles. The van der Waals surface area contributed by atoms with Gasteiger partial charge in [0.2, 0.25) is 0 Å². The second-order valence-corrected chi connectivity index (χ2v) is 7.53. The van der Waals surface area contributed by atoms with Crippen molar-refractivity contribution in [1.29, 1.82) is 0 Å². The Hall–Kier alpha value is -0.900. The summed E-state index contributed by atoms with van der Waals surface area (Å²) in [6.45, 7) is 12.4. The van der Waals surface area contributed by atoms with Gasteiger partial charge in [-0.15, -0.1) is 0 Å². The van der Waals surface area contributed by atoms with E-state index >= 15 is 0 Å². The number of allylic oxidation sites excluding steroid dienone is 4. The molecule has 0 aromatic heterocycles. The number of nitrogens with one attached hydrogen (secondary N) is 1. The third kappa shape index (κ3) is 12.1. The van der Waals surface area contributed by atoms with E-state index in [1.165, 1.54) is 55.6 Å². The van der Waals surface area contributed by atoms with Crippen molar-refractivity contribution in [2.45, 2.75) is 65.7 Å². The van der Waals surface area contributed by atoms with Crippen molar-refractivity contribution < 1.29 is 5.11 Å². The first-order valence-corrected chi connectivity index (χ1v) is 10.1. The standard InChI is InChI=1S/C22H40N2O/c1-20(2)9-7-11-22(12-8-10-21(3)13-18-25)19-23-14-17-24-15-5-4-6-16-24/h9,12-13,23,25H,4-8,10-11,14-19H2,1-3H3/b21-13+,22-12-. The van der Waals surface area contributed by atoms with Crippen LogP contribution < -0.4 is 5.32 Å². The maximum absolute atomic E-state index is 8.95. The van der Waals surface area contributed by atoms with Crippen molar-refractivity contribution >= 4 is 0 Å². The van der Waals surface area contributed by atoms with Gasteiger partial charge in [-0.25, -0.2) is 0 Å². The third-order valence-electron chi connectivity index (χ3n) is 4.84. The van der Waals surface area contributed by atoms with E-state index in [2.05, 4.69) is 43.1 Å². The molecule has 1 aliphatic heterocycles. The normalized spacial score (nSPS) is 17.0. The molecule has 1 rings (SSSR count). The Labute approximate surface area is 155 Å². The zero-order chi connectivity index (χ0) is 18.3. The number of hydrogen-bond acceptors (Lipinski definition) is 3. The summed E-state index contributed by atoms with van der Waals surface area (Å²) in [7, 11) is 0. The first kappa shape index (κ1) is 22.1. The van der Waals surface area contributed by atoms with Gasteiger partial charge >= 0.3 is 0 Å². The molecule has 3 nitrogen and oxygen atoms in total. The van der Waals surface area contributed by atoms with Crippen LogP contribution in [-0.2, 0) is 0 Å². The topological polar surface area (TPSA) is 35.5 Å². The summed E-state index contributed by atoms with van der Waals surface area (Å²) in [5, 5.41) is 12.6. The molecule has 3 heteroatoms. The molecule has 0 bridgehead atoms. The number of aliphatic hydroxyl groups is 1. The van der Waals surface area contributed by atoms with Crippen molar-refractivity contribution in [3.8, 4) is 0 Å². The predicted octanol–water partition coefficient (Wildman–Crippen LogP) is 4.45. The molecule has 1 heterocycles. The Morgan fingerprint density at radius 1 is 0.960 bits per heavy atom. The highest BCUT2D eigenvalue weighted by molar-refractivity contribution is 5.09. The van der Waals surface area contributed by atoms with E-state index in [0.29, 0.717) is 0 Å². The number of likely N-dealkylation sites (tertiary alicyclic amines) is 1. The van der Waals surface area contributed by atoms with Crippen LogP contribution in [0.2, 0.25) is 0 Å². The van der Waals surface area contributed by atoms with Gasteiger partial charge in [0.15, 0.2) is 0 Å². The van der Waals surface area contributed by atoms with Crippen LogP contribution in [0.15, 0.2) is 34.9 Å². The molecule has 0 unspecified atom stereocenters. The van der Waals surface area contributed by atoms with Crippen LogP contribution in [0.3, 0.4) is 0 Å². The molecule has 0 spiro atoms. The van der Waals surface area contributed by atoms with Crippen LogP contribution >= 0.6 is 0 Å². The Morgan fingerprint density at radius 2 is 1.68 bits per heavy atom. The number of hydrogen-bond donors (Lipinski definition) is 2. The highest BCUT2D eigenvalue weighted by Crippen LogP contribution is 2.12. The minimum absolute atomic E-state index is 0.154. The first-order chi connectivity index (χ1) is 12.1. The second-order valence-electron chi connectivity index (χ2n) is 7.53. The summed E-state index contributed by atoms with van der Waals surface area (Å²) in [5.41, 5.74) is 4.20. The molecule has 144 valence electrons. The Morgan fingerprint density at radius 3 is 2.36 bits per heavy atom. The molecule has 0 radical (unpaired) electrons. The lowest BCUT2D eigenvalue weighted by molar-refractivity contribution is 0.230. The van der Waals surface area contributed by atoms with E-state index in [1.807, 2.05) is 6.08 Å². The third-order valence-corrected chi connectivity index (χ3v) is 4.84. The maximum Gasteiger partial charge on any atom is 0.0614 e. The Bertz CT molecular complexity index is 427. The lowest BCUT2D eigenvalue weighted by Crippen LogP contribution is -2.36. The van der Waals surface area contributed by atoms with Crippen molar-refractivity contribution in [3.05, 3.63) is 34.9 Å². The van der Waals surface area contributed by atoms with Gasteiger partial charge in [0, 0.05) is 19.6 Å². The van der Waals surface area contributed by atoms with E-state index in [9.17, 15) is 0 Å². The summed E-state index contributed by atoms with van der Waals surface area (Å²) < 4.78 is 0. The smallest absolute Gasteiger partial charge is 0.0614 e. The molecule has 0 amide bonds. The van der Waals surface area contributed by atoms with Crippen LogP contribution in [0.1, 0.15) is 65.7 Å². The van der Waals surface area contributed by atoms with Crippen LogP contribution in [0.4, 0.5) is 0 Å². The van der Waals surface area contributed by atoms with Gasteiger partial charge in [0.25, 0.3) is 0 Å². The fourth-order valence-electron chi connectivity index (χ4n) is 3.24. The van der Waals surface area contributed by atoms with E-state index in [1.54, 1.807) is 0 Å². The highest BCUT2D eigenvalue weighted by atomic mass is 16.2. The molecule has 25 heavy (non-hydrogen) atoms. The molecule has 0 atom stereocenters. The van der Waals surface area contributed by atoms with Crippen molar-refractivity contribution in [2.75, 3.05) is 39.3 Å². The summed E-state index contributed by atoms with van der Waals surface area (Å²) in [5.74, 6) is 0. The zero-order valence-corrected chi connectivity index (χ0v) is 16.8. The molecule has 0 aromatic rings. The van der Waals surface area contributed by atoms with E-state index in [-0.39, 0.29) is 6.61 Å². The van der Waals surface area contributed by atoms with E-state index < -0.39 is 0 Å². The van der Waals surface area contributed by atoms with Gasteiger partial charge < -0.3 is 15.3 Å². The molecule has 0 aromatic carbocycles. The minimum atomic E-state index is 0.154. The molecule has 0 saturated carbocycles. The first-order valence-electron chi connectivity index (χ1n) is 10.1. The molecule has 2 N–H and O–H groups in total. The van der Waals surface area contributed by atoms with Gasteiger partial charge in [-0.2, -0.15) is 0 Å². The summed E-state index contributed by atoms with van der Waals surface area (Å²) in [6, 6.07) is 0. The Kier molecular flexibility index (Phi) is 12.7. The monoisotopic (exact) mass is 348 g/mol. The summed E-state index contributed by atoms with van der Waals surface area (Å²) >= 11 is 0. The van der Waals surface area contributed by atoms with Gasteiger partial charge in [0.05, 0.1) is 6.61 Å². The number of nitrogens with zero attached hydrogens (tertiary/aromatic N) is 1. The summed E-state index contributed by atoms with van der Waals surface area (Å²) in [6.07, 6.45) is 15.2. The minimum Gasteiger partial charge on any atom is -0.392 e. The SMILES string of the molecule is CC(C)=CCC/C(=C/CC/C(C)=C/CO)CNCCN1CCCCC1. The van der Waals surface area contributed by atoms with Crippen LogP contribution in [0.25, 0.3) is 0 Å².